The van der Waals surface area contributed by atoms with E-state index in [1.165, 1.54) is 22.3 Å². The van der Waals surface area contributed by atoms with E-state index in [1.54, 1.807) is 14.2 Å². The number of ether oxygens (including phenoxy) is 2. The Morgan fingerprint density at radius 3 is 2.12 bits per heavy atom. The first kappa shape index (κ1) is 16.7. The average Bonchev–Trinajstić information content (AvgIpc) is 2.73. The Morgan fingerprint density at radius 2 is 1.42 bits per heavy atom. The molecule has 0 saturated heterocycles. The van der Waals surface area contributed by atoms with E-state index in [0.717, 1.165) is 24.3 Å². The molecule has 1 aliphatic carbocycles. The lowest BCUT2D eigenvalue weighted by Gasteiger charge is -2.35. The number of aryl methyl sites for hydroxylation is 1. The lowest BCUT2D eigenvalue weighted by atomic mass is 9.69. The fraction of sp³-hybridized carbons (Fsp3) is 0.250. The third-order valence-electron chi connectivity index (χ3n) is 5.51. The quantitative estimate of drug-likeness (QED) is 0.616. The molecule has 2 heteroatoms. The first-order valence-corrected chi connectivity index (χ1v) is 9.16. The number of fused-ring (bicyclic) bond motifs is 1. The van der Waals surface area contributed by atoms with Crippen molar-refractivity contribution in [2.45, 2.75) is 24.7 Å². The number of rotatable bonds is 4. The summed E-state index contributed by atoms with van der Waals surface area (Å²) in [4.78, 5) is 0. The second kappa shape index (κ2) is 7.25. The molecule has 0 fully saturated rings. The molecule has 2 atom stereocenters. The van der Waals surface area contributed by atoms with Crippen LogP contribution in [0.4, 0.5) is 0 Å². The minimum Gasteiger partial charge on any atom is -0.497 e. The molecule has 0 heterocycles. The molecule has 132 valence electrons. The van der Waals surface area contributed by atoms with Gasteiger partial charge in [-0.05, 0) is 65.3 Å². The Hall–Kier alpha value is -2.74. The van der Waals surface area contributed by atoms with Crippen molar-refractivity contribution in [3.05, 3.63) is 95.1 Å². The van der Waals surface area contributed by atoms with Crippen LogP contribution in [0.15, 0.2) is 72.8 Å². The molecule has 1 aliphatic rings. The maximum absolute atomic E-state index is 5.45. The molecule has 0 N–H and O–H groups in total. The minimum absolute atomic E-state index is 0.345. The second-order valence-electron chi connectivity index (χ2n) is 6.87. The number of benzene rings is 3. The summed E-state index contributed by atoms with van der Waals surface area (Å²) in [6.07, 6.45) is 2.22. The molecular formula is C24H24O2. The van der Waals surface area contributed by atoms with Crippen molar-refractivity contribution < 1.29 is 9.47 Å². The minimum atomic E-state index is 0.345. The van der Waals surface area contributed by atoms with Crippen molar-refractivity contribution >= 4 is 0 Å². The molecule has 0 unspecified atom stereocenters. The summed E-state index contributed by atoms with van der Waals surface area (Å²) < 4.78 is 10.8. The maximum atomic E-state index is 5.45. The van der Waals surface area contributed by atoms with E-state index in [-0.39, 0.29) is 0 Å². The van der Waals surface area contributed by atoms with Crippen LogP contribution < -0.4 is 9.47 Å². The summed E-state index contributed by atoms with van der Waals surface area (Å²) in [6.45, 7) is 0. The maximum Gasteiger partial charge on any atom is 0.119 e. The van der Waals surface area contributed by atoms with Gasteiger partial charge in [-0.1, -0.05) is 48.5 Å². The molecule has 0 amide bonds. The van der Waals surface area contributed by atoms with Crippen LogP contribution in [0.2, 0.25) is 0 Å². The van der Waals surface area contributed by atoms with Crippen LogP contribution in [0, 0.1) is 0 Å². The monoisotopic (exact) mass is 344 g/mol. The zero-order valence-electron chi connectivity index (χ0n) is 15.3. The van der Waals surface area contributed by atoms with Gasteiger partial charge in [-0.3, -0.25) is 0 Å². The second-order valence-corrected chi connectivity index (χ2v) is 6.87. The van der Waals surface area contributed by atoms with Crippen molar-refractivity contribution in [1.82, 2.24) is 0 Å². The highest BCUT2D eigenvalue weighted by molar-refractivity contribution is 5.48. The highest BCUT2D eigenvalue weighted by Crippen LogP contribution is 2.47. The van der Waals surface area contributed by atoms with E-state index in [9.17, 15) is 0 Å². The van der Waals surface area contributed by atoms with Crippen molar-refractivity contribution in [3.63, 3.8) is 0 Å². The largest absolute Gasteiger partial charge is 0.497 e. The highest BCUT2D eigenvalue weighted by atomic mass is 16.5. The first-order valence-electron chi connectivity index (χ1n) is 9.16. The highest BCUT2D eigenvalue weighted by Gasteiger charge is 2.32. The lowest BCUT2D eigenvalue weighted by molar-refractivity contribution is 0.412. The summed E-state index contributed by atoms with van der Waals surface area (Å²) in [6, 6.07) is 26.0. The predicted molar refractivity (Wildman–Crippen MR) is 105 cm³/mol. The molecule has 0 aromatic heterocycles. The SMILES string of the molecule is COc1ccc([C@H]2c3ccc(OC)cc3CC[C@H]2c2ccccc2)cc1. The van der Waals surface area contributed by atoms with Gasteiger partial charge in [-0.2, -0.15) is 0 Å². The van der Waals surface area contributed by atoms with Gasteiger partial charge in [0.2, 0.25) is 0 Å². The Labute approximate surface area is 155 Å². The van der Waals surface area contributed by atoms with Crippen LogP contribution >= 0.6 is 0 Å². The van der Waals surface area contributed by atoms with Crippen LogP contribution in [0.3, 0.4) is 0 Å². The molecule has 0 aliphatic heterocycles. The molecule has 0 saturated carbocycles. The Morgan fingerprint density at radius 1 is 0.731 bits per heavy atom. The van der Waals surface area contributed by atoms with Gasteiger partial charge in [0.25, 0.3) is 0 Å². The molecular weight excluding hydrogens is 320 g/mol. The molecule has 4 rings (SSSR count). The number of hydrogen-bond donors (Lipinski definition) is 0. The van der Waals surface area contributed by atoms with Crippen LogP contribution in [-0.2, 0) is 6.42 Å². The first-order chi connectivity index (χ1) is 12.8. The van der Waals surface area contributed by atoms with Gasteiger partial charge >= 0.3 is 0 Å². The van der Waals surface area contributed by atoms with E-state index >= 15 is 0 Å². The van der Waals surface area contributed by atoms with Crippen LogP contribution in [0.1, 0.15) is 40.5 Å². The van der Waals surface area contributed by atoms with E-state index in [2.05, 4.69) is 72.8 Å². The van der Waals surface area contributed by atoms with Gasteiger partial charge in [-0.25, -0.2) is 0 Å². The van der Waals surface area contributed by atoms with E-state index in [1.807, 2.05) is 0 Å². The third-order valence-corrected chi connectivity index (χ3v) is 5.51. The molecule has 26 heavy (non-hydrogen) atoms. The number of methoxy groups -OCH3 is 2. The molecule has 0 spiro atoms. The zero-order chi connectivity index (χ0) is 17.9. The molecule has 0 bridgehead atoms. The number of hydrogen-bond acceptors (Lipinski definition) is 2. The molecule has 3 aromatic rings. The summed E-state index contributed by atoms with van der Waals surface area (Å²) in [5.41, 5.74) is 5.56. The van der Waals surface area contributed by atoms with Gasteiger partial charge in [0.15, 0.2) is 0 Å². The fourth-order valence-electron chi connectivity index (χ4n) is 4.21. The van der Waals surface area contributed by atoms with Crippen molar-refractivity contribution in [1.29, 1.82) is 0 Å². The summed E-state index contributed by atoms with van der Waals surface area (Å²) in [7, 11) is 3.45. The van der Waals surface area contributed by atoms with E-state index < -0.39 is 0 Å². The van der Waals surface area contributed by atoms with Crippen molar-refractivity contribution in [3.8, 4) is 11.5 Å². The van der Waals surface area contributed by atoms with Crippen molar-refractivity contribution in [2.24, 2.45) is 0 Å². The van der Waals surface area contributed by atoms with Gasteiger partial charge in [0.1, 0.15) is 11.5 Å². The smallest absolute Gasteiger partial charge is 0.119 e. The third kappa shape index (κ3) is 3.08. The topological polar surface area (TPSA) is 18.5 Å². The molecule has 2 nitrogen and oxygen atoms in total. The van der Waals surface area contributed by atoms with Crippen LogP contribution in [-0.4, -0.2) is 14.2 Å². The van der Waals surface area contributed by atoms with Crippen LogP contribution in [0.25, 0.3) is 0 Å². The summed E-state index contributed by atoms with van der Waals surface area (Å²) in [5, 5.41) is 0. The Bertz CT molecular complexity index is 868. The molecule has 3 aromatic carbocycles. The average molecular weight is 344 g/mol. The fourth-order valence-corrected chi connectivity index (χ4v) is 4.21. The molecule has 0 radical (unpaired) electrons. The predicted octanol–water partition coefficient (Wildman–Crippen LogP) is 5.57. The summed E-state index contributed by atoms with van der Waals surface area (Å²) >= 11 is 0. The van der Waals surface area contributed by atoms with Gasteiger partial charge < -0.3 is 9.47 Å². The van der Waals surface area contributed by atoms with E-state index in [4.69, 9.17) is 9.47 Å². The van der Waals surface area contributed by atoms with Gasteiger partial charge in [0.05, 0.1) is 14.2 Å². The Balaban J connectivity index is 1.82. The summed E-state index contributed by atoms with van der Waals surface area (Å²) in [5.74, 6) is 2.66. The van der Waals surface area contributed by atoms with Gasteiger partial charge in [0, 0.05) is 5.92 Å². The Kier molecular flexibility index (Phi) is 4.66. The van der Waals surface area contributed by atoms with Crippen molar-refractivity contribution in [2.75, 3.05) is 14.2 Å². The van der Waals surface area contributed by atoms with E-state index in [0.29, 0.717) is 11.8 Å². The van der Waals surface area contributed by atoms with Crippen LogP contribution in [0.5, 0.6) is 11.5 Å². The standard InChI is InChI=1S/C24H24O2/c1-25-20-11-8-18(9-12-20)24-22(17-6-4-3-5-7-17)14-10-19-16-21(26-2)13-15-23(19)24/h3-9,11-13,15-16,22,24H,10,14H2,1-2H3/t22-,24+/m0/s1. The van der Waals surface area contributed by atoms with Gasteiger partial charge in [-0.15, -0.1) is 0 Å². The normalized spacial score (nSPS) is 18.8. The zero-order valence-corrected chi connectivity index (χ0v) is 15.3. The lowest BCUT2D eigenvalue weighted by Crippen LogP contribution is -2.20.